The molecule has 0 saturated carbocycles. The number of benzene rings is 2. The first-order valence-corrected chi connectivity index (χ1v) is 10.6. The number of rotatable bonds is 5. The zero-order valence-corrected chi connectivity index (χ0v) is 17.8. The van der Waals surface area contributed by atoms with E-state index in [1.807, 2.05) is 0 Å². The van der Waals surface area contributed by atoms with Crippen molar-refractivity contribution in [3.05, 3.63) is 88.4 Å². The summed E-state index contributed by atoms with van der Waals surface area (Å²) in [6.07, 6.45) is 1.55. The molecule has 33 heavy (non-hydrogen) atoms. The number of hydrogen-bond acceptors (Lipinski definition) is 5. The number of hydrogen-bond donors (Lipinski definition) is 0. The van der Waals surface area contributed by atoms with Crippen LogP contribution in [0.15, 0.2) is 70.6 Å². The molecule has 0 spiro atoms. The second-order valence-electron chi connectivity index (χ2n) is 7.30. The molecule has 0 saturated heterocycles. The molecule has 2 heterocycles. The van der Waals surface area contributed by atoms with E-state index in [-0.39, 0.29) is 42.2 Å². The van der Waals surface area contributed by atoms with Crippen molar-refractivity contribution in [3.8, 4) is 0 Å². The van der Waals surface area contributed by atoms with Gasteiger partial charge in [0.25, 0.3) is 0 Å². The summed E-state index contributed by atoms with van der Waals surface area (Å²) in [5.41, 5.74) is -3.36. The summed E-state index contributed by atoms with van der Waals surface area (Å²) in [4.78, 5) is 22.1. The molecule has 3 aromatic rings. The lowest BCUT2D eigenvalue weighted by Gasteiger charge is -2.29. The van der Waals surface area contributed by atoms with Crippen LogP contribution < -0.4 is 10.6 Å². The molecule has 11 heteroatoms. The third kappa shape index (κ3) is 5.78. The van der Waals surface area contributed by atoms with Gasteiger partial charge >= 0.3 is 11.2 Å². The lowest BCUT2D eigenvalue weighted by molar-refractivity contribution is -0.0328. The second kappa shape index (κ2) is 9.34. The molecule has 1 aliphatic rings. The topological polar surface area (TPSA) is 51.0 Å². The largest absolute Gasteiger partial charge is 0.446 e. The highest BCUT2D eigenvalue weighted by atomic mass is 32.2. The van der Waals surface area contributed by atoms with Gasteiger partial charge in [0.15, 0.2) is 0 Å². The van der Waals surface area contributed by atoms with Gasteiger partial charge in [0.2, 0.25) is 5.95 Å². The summed E-state index contributed by atoms with van der Waals surface area (Å²) in [6.45, 7) is 0.288. The van der Waals surface area contributed by atoms with Crippen LogP contribution in [0, 0.1) is 5.82 Å². The molecule has 0 aliphatic carbocycles. The molecule has 4 rings (SSSR count). The van der Waals surface area contributed by atoms with E-state index in [2.05, 4.69) is 9.97 Å². The molecule has 0 N–H and O–H groups in total. The monoisotopic (exact) mass is 480 g/mol. The summed E-state index contributed by atoms with van der Waals surface area (Å²) >= 11 is -0.215. The Balaban J connectivity index is 1.45. The zero-order chi connectivity index (χ0) is 23.6. The average Bonchev–Trinajstić information content (AvgIpc) is 2.76. The quantitative estimate of drug-likeness (QED) is 0.392. The van der Waals surface area contributed by atoms with Crippen molar-refractivity contribution < 1.29 is 22.0 Å². The molecular formula is C22H17F5N4OS. The highest BCUT2D eigenvalue weighted by molar-refractivity contribution is 8.00. The fraction of sp³-hybridized carbons (Fsp3) is 0.227. The molecule has 1 unspecified atom stereocenters. The molecule has 0 radical (unpaired) electrons. The van der Waals surface area contributed by atoms with E-state index in [1.54, 1.807) is 6.08 Å². The highest BCUT2D eigenvalue weighted by Gasteiger charge is 2.29. The number of halogens is 5. The van der Waals surface area contributed by atoms with Crippen LogP contribution in [0.3, 0.4) is 0 Å². The average molecular weight is 480 g/mol. The van der Waals surface area contributed by atoms with Crippen molar-refractivity contribution in [2.24, 2.45) is 0 Å². The Kier molecular flexibility index (Phi) is 6.50. The Morgan fingerprint density at radius 1 is 1.06 bits per heavy atom. The van der Waals surface area contributed by atoms with Gasteiger partial charge in [-0.2, -0.15) is 18.2 Å². The number of thioether (sulfide) groups is 1. The predicted octanol–water partition coefficient (Wildman–Crippen LogP) is 4.68. The summed E-state index contributed by atoms with van der Waals surface area (Å²) < 4.78 is 66.4. The van der Waals surface area contributed by atoms with Crippen molar-refractivity contribution in [1.82, 2.24) is 14.5 Å². The van der Waals surface area contributed by atoms with Crippen molar-refractivity contribution >= 4 is 23.3 Å². The van der Waals surface area contributed by atoms with Crippen molar-refractivity contribution in [2.75, 3.05) is 18.0 Å². The Morgan fingerprint density at radius 2 is 1.76 bits per heavy atom. The van der Waals surface area contributed by atoms with Gasteiger partial charge in [-0.15, -0.1) is 0 Å². The third-order valence-corrected chi connectivity index (χ3v) is 5.71. The van der Waals surface area contributed by atoms with Crippen LogP contribution in [-0.4, -0.2) is 39.3 Å². The van der Waals surface area contributed by atoms with Gasteiger partial charge in [0.1, 0.15) is 18.3 Å². The van der Waals surface area contributed by atoms with Gasteiger partial charge in [0, 0.05) is 11.4 Å². The second-order valence-corrected chi connectivity index (χ2v) is 8.44. The molecule has 2 aromatic carbocycles. The van der Waals surface area contributed by atoms with E-state index in [0.29, 0.717) is 16.7 Å². The van der Waals surface area contributed by atoms with Crippen LogP contribution in [-0.2, 0) is 6.54 Å². The fourth-order valence-corrected chi connectivity index (χ4v) is 3.95. The third-order valence-electron chi connectivity index (χ3n) is 4.97. The minimum absolute atomic E-state index is 0.0455. The minimum atomic E-state index is -4.37. The van der Waals surface area contributed by atoms with Gasteiger partial charge in [-0.25, -0.2) is 18.6 Å². The Labute approximate surface area is 189 Å². The molecule has 1 aliphatic heterocycles. The van der Waals surface area contributed by atoms with Gasteiger partial charge in [-0.3, -0.25) is 4.57 Å². The molecule has 5 nitrogen and oxygen atoms in total. The molecule has 172 valence electrons. The van der Waals surface area contributed by atoms with Crippen molar-refractivity contribution in [3.63, 3.8) is 0 Å². The summed E-state index contributed by atoms with van der Waals surface area (Å²) in [5, 5.41) is 0. The SMILES string of the molecule is O=c1nc(N2CC=C(c3ccc(F)cc3)C(F)C2)ncn1Cc1ccc(SC(F)(F)F)cc1. The van der Waals surface area contributed by atoms with E-state index in [1.165, 1.54) is 64.3 Å². The standard InChI is InChI=1S/C22H17F5N4OS/c23-16-5-3-15(4-6-16)18-9-10-30(12-19(18)24)20-28-13-31(21(32)29-20)11-14-1-7-17(8-2-14)33-22(25,26)27/h1-9,13,19H,10-12H2. The predicted molar refractivity (Wildman–Crippen MR) is 115 cm³/mol. The number of nitrogens with zero attached hydrogens (tertiary/aromatic N) is 4. The van der Waals surface area contributed by atoms with Crippen LogP contribution in [0.25, 0.3) is 5.57 Å². The summed E-state index contributed by atoms with van der Waals surface area (Å²) in [7, 11) is 0. The molecular weight excluding hydrogens is 463 g/mol. The van der Waals surface area contributed by atoms with Gasteiger partial charge in [0.05, 0.1) is 13.1 Å². The molecule has 0 amide bonds. The Bertz CT molecular complexity index is 1210. The van der Waals surface area contributed by atoms with Crippen molar-refractivity contribution in [1.29, 1.82) is 0 Å². The number of alkyl halides is 4. The van der Waals surface area contributed by atoms with Crippen molar-refractivity contribution in [2.45, 2.75) is 23.1 Å². The lowest BCUT2D eigenvalue weighted by Crippen LogP contribution is -2.38. The number of aromatic nitrogens is 3. The molecule has 1 aromatic heterocycles. The van der Waals surface area contributed by atoms with Crippen LogP contribution in [0.2, 0.25) is 0 Å². The van der Waals surface area contributed by atoms with Gasteiger partial charge < -0.3 is 4.90 Å². The van der Waals surface area contributed by atoms with Crippen LogP contribution in [0.5, 0.6) is 0 Å². The summed E-state index contributed by atoms with van der Waals surface area (Å²) in [5.74, 6) is -0.331. The van der Waals surface area contributed by atoms with E-state index in [0.717, 1.165) is 0 Å². The van der Waals surface area contributed by atoms with Crippen LogP contribution >= 0.6 is 11.8 Å². The smallest absolute Gasteiger partial charge is 0.334 e. The maximum absolute atomic E-state index is 14.8. The molecule has 0 bridgehead atoms. The maximum atomic E-state index is 14.8. The summed E-state index contributed by atoms with van der Waals surface area (Å²) in [6, 6.07) is 11.2. The first-order valence-electron chi connectivity index (χ1n) is 9.81. The van der Waals surface area contributed by atoms with Crippen LogP contribution in [0.1, 0.15) is 11.1 Å². The zero-order valence-electron chi connectivity index (χ0n) is 17.0. The Hall–Kier alpha value is -3.21. The molecule has 0 fully saturated rings. The van der Waals surface area contributed by atoms with E-state index in [4.69, 9.17) is 0 Å². The normalized spacial score (nSPS) is 16.6. The minimum Gasteiger partial charge on any atom is -0.334 e. The van der Waals surface area contributed by atoms with Gasteiger partial charge in [-0.1, -0.05) is 30.3 Å². The highest BCUT2D eigenvalue weighted by Crippen LogP contribution is 2.36. The van der Waals surface area contributed by atoms with Crippen LogP contribution in [0.4, 0.5) is 27.9 Å². The van der Waals surface area contributed by atoms with E-state index >= 15 is 0 Å². The molecule has 1 atom stereocenters. The Morgan fingerprint density at radius 3 is 2.36 bits per heavy atom. The first kappa shape index (κ1) is 23.0. The van der Waals surface area contributed by atoms with Gasteiger partial charge in [-0.05, 0) is 52.7 Å². The fourth-order valence-electron chi connectivity index (χ4n) is 3.41. The number of anilines is 1. The lowest BCUT2D eigenvalue weighted by atomic mass is 9.98. The maximum Gasteiger partial charge on any atom is 0.446 e. The van der Waals surface area contributed by atoms with E-state index < -0.39 is 23.2 Å². The first-order chi connectivity index (χ1) is 15.7. The van der Waals surface area contributed by atoms with E-state index in [9.17, 15) is 26.7 Å².